The molecule has 2 aromatic heterocycles. The maximum atomic E-state index is 12.0. The van der Waals surface area contributed by atoms with Crippen molar-refractivity contribution in [3.8, 4) is 0 Å². The third-order valence-corrected chi connectivity index (χ3v) is 2.76. The zero-order valence-electron chi connectivity index (χ0n) is 9.22. The molecule has 88 valence electrons. The van der Waals surface area contributed by atoms with E-state index in [0.717, 1.165) is 5.56 Å². The molecule has 0 fully saturated rings. The molecule has 0 saturated carbocycles. The van der Waals surface area contributed by atoms with Crippen LogP contribution in [-0.2, 0) is 6.54 Å². The van der Waals surface area contributed by atoms with Crippen molar-refractivity contribution in [2.45, 2.75) is 6.54 Å². The van der Waals surface area contributed by atoms with Gasteiger partial charge in [-0.3, -0.25) is 9.89 Å². The number of carbonyl (C=O) groups excluding carboxylic acids is 1. The Morgan fingerprint density at radius 3 is 2.88 bits per heavy atom. The lowest BCUT2D eigenvalue weighted by molar-refractivity contribution is 0.0784. The Hall–Kier alpha value is -1.69. The van der Waals surface area contributed by atoms with Crippen molar-refractivity contribution in [3.63, 3.8) is 0 Å². The Kier molecular flexibility index (Phi) is 3.53. The smallest absolute Gasteiger partial charge is 0.255 e. The first-order chi connectivity index (χ1) is 8.16. The van der Waals surface area contributed by atoms with Crippen molar-refractivity contribution in [1.82, 2.24) is 20.1 Å². The molecule has 0 unspecified atom stereocenters. The number of nitrogens with one attached hydrogen (secondary N) is 1. The summed E-state index contributed by atoms with van der Waals surface area (Å²) in [6, 6.07) is 3.49. The first-order valence-electron chi connectivity index (χ1n) is 5.01. The first-order valence-corrected chi connectivity index (χ1v) is 5.81. The molecule has 0 radical (unpaired) electrons. The molecule has 2 rings (SSSR count). The summed E-state index contributed by atoms with van der Waals surface area (Å²) in [6.45, 7) is 0.519. The number of aromatic amines is 1. The second-order valence-electron chi connectivity index (χ2n) is 3.64. The van der Waals surface area contributed by atoms with E-state index in [1.54, 1.807) is 42.7 Å². The van der Waals surface area contributed by atoms with E-state index < -0.39 is 0 Å². The maximum absolute atomic E-state index is 12.0. The summed E-state index contributed by atoms with van der Waals surface area (Å²) < 4.78 is 0.714. The average molecular weight is 295 g/mol. The number of nitrogens with zero attached hydrogens (tertiary/aromatic N) is 3. The molecule has 0 saturated heterocycles. The van der Waals surface area contributed by atoms with Gasteiger partial charge in [-0.2, -0.15) is 5.10 Å². The summed E-state index contributed by atoms with van der Waals surface area (Å²) >= 11 is 3.23. The van der Waals surface area contributed by atoms with Crippen LogP contribution in [0, 0.1) is 0 Å². The largest absolute Gasteiger partial charge is 0.337 e. The highest BCUT2D eigenvalue weighted by molar-refractivity contribution is 9.10. The average Bonchev–Trinajstić information content (AvgIpc) is 2.82. The van der Waals surface area contributed by atoms with E-state index >= 15 is 0 Å². The number of rotatable bonds is 3. The minimum Gasteiger partial charge on any atom is -0.337 e. The fraction of sp³-hybridized carbons (Fsp3) is 0.182. The Morgan fingerprint density at radius 1 is 1.47 bits per heavy atom. The van der Waals surface area contributed by atoms with Gasteiger partial charge in [0.25, 0.3) is 5.91 Å². The number of carbonyl (C=O) groups is 1. The number of halogens is 1. The van der Waals surface area contributed by atoms with Crippen LogP contribution in [0.15, 0.2) is 35.3 Å². The molecule has 2 aromatic rings. The molecule has 1 N–H and O–H groups in total. The quantitative estimate of drug-likeness (QED) is 0.879. The van der Waals surface area contributed by atoms with Crippen molar-refractivity contribution >= 4 is 21.8 Å². The third-order valence-electron chi connectivity index (χ3n) is 2.30. The van der Waals surface area contributed by atoms with Crippen molar-refractivity contribution in [1.29, 1.82) is 0 Å². The van der Waals surface area contributed by atoms with E-state index in [2.05, 4.69) is 31.1 Å². The van der Waals surface area contributed by atoms with Gasteiger partial charge in [-0.05, 0) is 28.1 Å². The molecule has 0 aliphatic carbocycles. The summed E-state index contributed by atoms with van der Waals surface area (Å²) in [4.78, 5) is 17.7. The lowest BCUT2D eigenvalue weighted by Gasteiger charge is -2.15. The van der Waals surface area contributed by atoms with Crippen LogP contribution in [0.25, 0.3) is 0 Å². The van der Waals surface area contributed by atoms with E-state index in [1.807, 2.05) is 0 Å². The minimum atomic E-state index is -0.0637. The second kappa shape index (κ2) is 5.09. The molecule has 0 aliphatic heterocycles. The zero-order chi connectivity index (χ0) is 12.3. The van der Waals surface area contributed by atoms with E-state index in [-0.39, 0.29) is 5.91 Å². The molecule has 17 heavy (non-hydrogen) atoms. The molecule has 0 bridgehead atoms. The fourth-order valence-corrected chi connectivity index (χ4v) is 1.67. The van der Waals surface area contributed by atoms with Crippen LogP contribution in [0.3, 0.4) is 0 Å². The summed E-state index contributed by atoms with van der Waals surface area (Å²) in [7, 11) is 1.75. The molecule has 0 spiro atoms. The predicted molar refractivity (Wildman–Crippen MR) is 66.3 cm³/mol. The van der Waals surface area contributed by atoms with Gasteiger partial charge in [-0.25, -0.2) is 4.98 Å². The van der Waals surface area contributed by atoms with Crippen LogP contribution in [0.5, 0.6) is 0 Å². The first kappa shape index (κ1) is 11.8. The van der Waals surface area contributed by atoms with E-state index in [0.29, 0.717) is 16.7 Å². The zero-order valence-corrected chi connectivity index (χ0v) is 10.8. The van der Waals surface area contributed by atoms with Gasteiger partial charge < -0.3 is 4.90 Å². The van der Waals surface area contributed by atoms with Crippen LogP contribution < -0.4 is 0 Å². The molecule has 6 heteroatoms. The van der Waals surface area contributed by atoms with Crippen molar-refractivity contribution in [2.24, 2.45) is 0 Å². The van der Waals surface area contributed by atoms with Gasteiger partial charge in [0, 0.05) is 31.5 Å². The Morgan fingerprint density at radius 2 is 2.29 bits per heavy atom. The summed E-state index contributed by atoms with van der Waals surface area (Å²) in [5.41, 5.74) is 1.53. The summed E-state index contributed by atoms with van der Waals surface area (Å²) in [5, 5.41) is 6.55. The maximum Gasteiger partial charge on any atom is 0.255 e. The minimum absolute atomic E-state index is 0.0637. The highest BCUT2D eigenvalue weighted by atomic mass is 79.9. The number of aromatic nitrogens is 3. The summed E-state index contributed by atoms with van der Waals surface area (Å²) in [5.74, 6) is -0.0637. The third kappa shape index (κ3) is 2.91. The highest BCUT2D eigenvalue weighted by Crippen LogP contribution is 2.09. The number of hydrogen-bond acceptors (Lipinski definition) is 3. The number of amides is 1. The van der Waals surface area contributed by atoms with Crippen molar-refractivity contribution in [3.05, 3.63) is 46.5 Å². The Bertz CT molecular complexity index is 495. The van der Waals surface area contributed by atoms with Crippen LogP contribution in [0.2, 0.25) is 0 Å². The molecular formula is C11H11BrN4O. The normalized spacial score (nSPS) is 10.2. The van der Waals surface area contributed by atoms with Crippen LogP contribution >= 0.6 is 15.9 Å². The van der Waals surface area contributed by atoms with Crippen molar-refractivity contribution in [2.75, 3.05) is 7.05 Å². The van der Waals surface area contributed by atoms with Gasteiger partial charge in [0.15, 0.2) is 0 Å². The molecule has 0 atom stereocenters. The number of pyridine rings is 1. The molecule has 5 nitrogen and oxygen atoms in total. The predicted octanol–water partition coefficient (Wildman–Crippen LogP) is 1.84. The van der Waals surface area contributed by atoms with Crippen LogP contribution in [-0.4, -0.2) is 33.0 Å². The fourth-order valence-electron chi connectivity index (χ4n) is 1.43. The van der Waals surface area contributed by atoms with Gasteiger partial charge >= 0.3 is 0 Å². The molecular weight excluding hydrogens is 284 g/mol. The van der Waals surface area contributed by atoms with Gasteiger partial charge in [0.2, 0.25) is 0 Å². The Balaban J connectivity index is 2.07. The van der Waals surface area contributed by atoms with Crippen LogP contribution in [0.4, 0.5) is 0 Å². The Labute approximate surface area is 107 Å². The van der Waals surface area contributed by atoms with E-state index in [4.69, 9.17) is 0 Å². The van der Waals surface area contributed by atoms with Crippen molar-refractivity contribution < 1.29 is 4.79 Å². The highest BCUT2D eigenvalue weighted by Gasteiger charge is 2.12. The summed E-state index contributed by atoms with van der Waals surface area (Å²) in [6.07, 6.45) is 5.02. The van der Waals surface area contributed by atoms with Gasteiger partial charge in [-0.15, -0.1) is 0 Å². The lowest BCUT2D eigenvalue weighted by Crippen LogP contribution is -2.26. The molecule has 0 aliphatic rings. The molecule has 0 aromatic carbocycles. The van der Waals surface area contributed by atoms with Gasteiger partial charge in [-0.1, -0.05) is 0 Å². The number of hydrogen-bond donors (Lipinski definition) is 1. The topological polar surface area (TPSA) is 61.9 Å². The van der Waals surface area contributed by atoms with Gasteiger partial charge in [0.1, 0.15) is 4.60 Å². The lowest BCUT2D eigenvalue weighted by atomic mass is 10.2. The molecule has 2 heterocycles. The van der Waals surface area contributed by atoms with E-state index in [1.165, 1.54) is 0 Å². The number of H-pyrrole nitrogens is 1. The van der Waals surface area contributed by atoms with Crippen LogP contribution in [0.1, 0.15) is 15.9 Å². The van der Waals surface area contributed by atoms with Gasteiger partial charge in [0.05, 0.1) is 11.8 Å². The standard InChI is InChI=1S/C11H11BrN4O/c1-16(7-8-4-14-15-5-8)11(17)9-2-3-10(12)13-6-9/h2-6H,7H2,1H3,(H,14,15). The monoisotopic (exact) mass is 294 g/mol. The second-order valence-corrected chi connectivity index (χ2v) is 4.45. The SMILES string of the molecule is CN(Cc1cn[nH]c1)C(=O)c1ccc(Br)nc1. The van der Waals surface area contributed by atoms with E-state index in [9.17, 15) is 4.79 Å². The molecule has 1 amide bonds.